The molecule has 0 aliphatic rings. The highest BCUT2D eigenvalue weighted by Gasteiger charge is 2.15. The van der Waals surface area contributed by atoms with Crippen molar-refractivity contribution >= 4 is 0 Å². The van der Waals surface area contributed by atoms with Crippen LogP contribution in [0.2, 0.25) is 0 Å². The van der Waals surface area contributed by atoms with Crippen LogP contribution >= 0.6 is 0 Å². The predicted octanol–water partition coefficient (Wildman–Crippen LogP) is 4.78. The van der Waals surface area contributed by atoms with Crippen LogP contribution in [-0.4, -0.2) is 9.13 Å². The zero-order chi connectivity index (χ0) is 22.1. The molecule has 31 heavy (non-hydrogen) atoms. The topological polar surface area (TPSA) is 17.6 Å². The van der Waals surface area contributed by atoms with E-state index in [4.69, 9.17) is 0 Å². The fraction of sp³-hybridized carbons (Fsp3) is 0.333. The number of aromatic nitrogens is 4. The van der Waals surface area contributed by atoms with Crippen LogP contribution in [0.5, 0.6) is 0 Å². The maximum atomic E-state index is 2.28. The first-order valence-corrected chi connectivity index (χ1v) is 11.1. The first-order valence-electron chi connectivity index (χ1n) is 11.1. The fourth-order valence-corrected chi connectivity index (χ4v) is 4.91. The number of benzene rings is 2. The van der Waals surface area contributed by atoms with Crippen LogP contribution in [0.25, 0.3) is 11.4 Å². The third-order valence-corrected chi connectivity index (χ3v) is 6.00. The summed E-state index contributed by atoms with van der Waals surface area (Å²) in [5, 5.41) is 0. The number of imidazole rings is 2. The van der Waals surface area contributed by atoms with Crippen molar-refractivity contribution in [3.05, 3.63) is 95.1 Å². The van der Waals surface area contributed by atoms with Gasteiger partial charge in [-0.15, -0.1) is 0 Å². The molecule has 0 fully saturated rings. The van der Waals surface area contributed by atoms with Crippen molar-refractivity contribution < 1.29 is 9.13 Å². The quantitative estimate of drug-likeness (QED) is 0.404. The Labute approximate surface area is 186 Å². The van der Waals surface area contributed by atoms with E-state index in [0.29, 0.717) is 0 Å². The van der Waals surface area contributed by atoms with E-state index in [0.717, 1.165) is 19.5 Å². The van der Waals surface area contributed by atoms with Crippen molar-refractivity contribution in [2.24, 2.45) is 0 Å². The van der Waals surface area contributed by atoms with E-state index < -0.39 is 0 Å². The maximum absolute atomic E-state index is 2.28. The van der Waals surface area contributed by atoms with Crippen LogP contribution in [0.1, 0.15) is 39.8 Å². The summed E-state index contributed by atoms with van der Waals surface area (Å²) >= 11 is 0. The standard InChI is InChI=1S/C27H34N4/c1-20-14-22(3)26(23(4)15-20)30-12-10-28(18-30)8-7-9-29-11-13-31(19-29)27-24(5)16-21(2)17-25(27)6/h10-19H,7-9H2,1-6H3/q+2. The first kappa shape index (κ1) is 21.1. The SMILES string of the molecule is Cc1cc(C)c(-n2cc[n+](CCC[n+]3ccn(-c4c(C)cc(C)cc4C)c3)c2)c(C)c1. The maximum Gasteiger partial charge on any atom is 0.248 e. The molecule has 0 saturated carbocycles. The van der Waals surface area contributed by atoms with E-state index in [9.17, 15) is 0 Å². The van der Waals surface area contributed by atoms with Crippen LogP contribution in [0.4, 0.5) is 0 Å². The third-order valence-electron chi connectivity index (χ3n) is 6.00. The van der Waals surface area contributed by atoms with E-state index >= 15 is 0 Å². The zero-order valence-electron chi connectivity index (χ0n) is 19.7. The molecule has 4 nitrogen and oxygen atoms in total. The normalized spacial score (nSPS) is 11.3. The predicted molar refractivity (Wildman–Crippen MR) is 125 cm³/mol. The van der Waals surface area contributed by atoms with Gasteiger partial charge in [-0.1, -0.05) is 35.4 Å². The molecule has 4 heteroatoms. The summed E-state index contributed by atoms with van der Waals surface area (Å²) in [6, 6.07) is 9.02. The van der Waals surface area contributed by atoms with Gasteiger partial charge in [0, 0.05) is 6.42 Å². The lowest BCUT2D eigenvalue weighted by molar-refractivity contribution is -0.726. The lowest BCUT2D eigenvalue weighted by atomic mass is 10.1. The Morgan fingerprint density at radius 3 is 1.29 bits per heavy atom. The van der Waals surface area contributed by atoms with Gasteiger partial charge < -0.3 is 0 Å². The molecule has 2 heterocycles. The number of hydrogen-bond acceptors (Lipinski definition) is 0. The van der Waals surface area contributed by atoms with E-state index in [1.54, 1.807) is 0 Å². The average molecular weight is 415 g/mol. The van der Waals surface area contributed by atoms with Crippen LogP contribution < -0.4 is 9.13 Å². The van der Waals surface area contributed by atoms with E-state index in [1.807, 2.05) is 0 Å². The van der Waals surface area contributed by atoms with Gasteiger partial charge in [-0.05, 0) is 63.8 Å². The van der Waals surface area contributed by atoms with Crippen molar-refractivity contribution in [3.8, 4) is 11.4 Å². The van der Waals surface area contributed by atoms with Gasteiger partial charge in [-0.25, -0.2) is 18.3 Å². The molecule has 0 N–H and O–H groups in total. The zero-order valence-corrected chi connectivity index (χ0v) is 19.7. The molecule has 0 spiro atoms. The third kappa shape index (κ3) is 4.48. The van der Waals surface area contributed by atoms with Crippen LogP contribution in [0, 0.1) is 41.5 Å². The monoisotopic (exact) mass is 414 g/mol. The Bertz CT molecular complexity index is 1080. The van der Waals surface area contributed by atoms with Gasteiger partial charge in [0.2, 0.25) is 12.7 Å². The van der Waals surface area contributed by atoms with Gasteiger partial charge in [0.1, 0.15) is 36.2 Å². The van der Waals surface area contributed by atoms with Crippen LogP contribution in [-0.2, 0) is 13.1 Å². The van der Waals surface area contributed by atoms with Crippen molar-refractivity contribution in [1.82, 2.24) is 9.13 Å². The second kappa shape index (κ2) is 8.54. The second-order valence-electron chi connectivity index (χ2n) is 8.97. The summed E-state index contributed by atoms with van der Waals surface area (Å²) in [5.41, 5.74) is 10.5. The summed E-state index contributed by atoms with van der Waals surface area (Å²) in [6.45, 7) is 15.1. The molecular formula is C27H34N4+2. The number of aryl methyl sites for hydroxylation is 8. The molecule has 4 aromatic rings. The van der Waals surface area contributed by atoms with Gasteiger partial charge in [0.25, 0.3) is 0 Å². The molecule has 160 valence electrons. The molecule has 2 aromatic carbocycles. The van der Waals surface area contributed by atoms with Gasteiger partial charge >= 0.3 is 0 Å². The van der Waals surface area contributed by atoms with Crippen LogP contribution in [0.3, 0.4) is 0 Å². The number of hydrogen-bond donors (Lipinski definition) is 0. The van der Waals surface area contributed by atoms with Crippen molar-refractivity contribution in [3.63, 3.8) is 0 Å². The highest BCUT2D eigenvalue weighted by molar-refractivity contribution is 5.49. The molecule has 0 saturated heterocycles. The molecule has 0 radical (unpaired) electrons. The molecule has 0 unspecified atom stereocenters. The molecule has 2 aromatic heterocycles. The van der Waals surface area contributed by atoms with Crippen molar-refractivity contribution in [2.45, 2.75) is 61.1 Å². The summed E-state index contributed by atoms with van der Waals surface area (Å²) in [7, 11) is 0. The minimum atomic E-state index is 0.998. The summed E-state index contributed by atoms with van der Waals surface area (Å²) in [4.78, 5) is 0. The Morgan fingerprint density at radius 2 is 0.935 bits per heavy atom. The average Bonchev–Trinajstić information content (AvgIpc) is 3.30. The highest BCUT2D eigenvalue weighted by Crippen LogP contribution is 2.21. The first-order chi connectivity index (χ1) is 14.8. The van der Waals surface area contributed by atoms with Crippen LogP contribution in [0.15, 0.2) is 61.7 Å². The Morgan fingerprint density at radius 1 is 0.581 bits per heavy atom. The van der Waals surface area contributed by atoms with E-state index in [-0.39, 0.29) is 0 Å². The van der Waals surface area contributed by atoms with Gasteiger partial charge in [0.15, 0.2) is 0 Å². The lowest BCUT2D eigenvalue weighted by Gasteiger charge is -2.07. The molecule has 0 atom stereocenters. The minimum absolute atomic E-state index is 0.998. The van der Waals surface area contributed by atoms with E-state index in [1.165, 1.54) is 44.8 Å². The fourth-order valence-electron chi connectivity index (χ4n) is 4.91. The molecule has 0 aliphatic heterocycles. The van der Waals surface area contributed by atoms with Gasteiger partial charge in [0.05, 0.1) is 13.1 Å². The molecule has 4 rings (SSSR count). The number of nitrogens with zero attached hydrogens (tertiary/aromatic N) is 4. The van der Waals surface area contributed by atoms with Gasteiger partial charge in [-0.2, -0.15) is 0 Å². The molecule has 0 bridgehead atoms. The summed E-state index contributed by atoms with van der Waals surface area (Å²) in [5.74, 6) is 0. The largest absolute Gasteiger partial charge is 0.248 e. The van der Waals surface area contributed by atoms with Crippen molar-refractivity contribution in [2.75, 3.05) is 0 Å². The molecular weight excluding hydrogens is 380 g/mol. The smallest absolute Gasteiger partial charge is 0.236 e. The van der Waals surface area contributed by atoms with Gasteiger partial charge in [-0.3, -0.25) is 0 Å². The lowest BCUT2D eigenvalue weighted by Crippen LogP contribution is -2.37. The summed E-state index contributed by atoms with van der Waals surface area (Å²) < 4.78 is 9.06. The highest BCUT2D eigenvalue weighted by atomic mass is 15.1. The minimum Gasteiger partial charge on any atom is -0.236 e. The molecule has 0 amide bonds. The Balaban J connectivity index is 1.42. The molecule has 0 aliphatic carbocycles. The Kier molecular flexibility index (Phi) is 5.81. The van der Waals surface area contributed by atoms with Crippen molar-refractivity contribution in [1.29, 1.82) is 0 Å². The second-order valence-corrected chi connectivity index (χ2v) is 8.97. The summed E-state index contributed by atoms with van der Waals surface area (Å²) in [6.07, 6.45) is 14.2. The number of rotatable bonds is 6. The Hall–Kier alpha value is -3.14. The van der Waals surface area contributed by atoms with E-state index in [2.05, 4.69) is 122 Å².